The molecule has 3 aromatic carbocycles. The standard InChI is InChI=1S/C43H51N3O7/c1-5-7-20-35(48)44(4)29(3)38(31-17-10-8-11-18-31)52-42(51)36-34-23-24-43(53-34)37(36)40(49)46(26-14-9-15-27-47)39(43)41(50)45(25-6-2)33-22-21-30-16-12-13-19-32(30)28-33/h5-6,8,10-13,16-19,21-22,28-29,34,36-39,47H,1-2,7,9,14-15,20,23-27H2,3-4H3/t29-,34+,36-,37-,38+,39+,43-/m0/s1. The van der Waals surface area contributed by atoms with Crippen molar-refractivity contribution in [3.63, 3.8) is 0 Å². The van der Waals surface area contributed by atoms with Crippen LogP contribution in [0.5, 0.6) is 0 Å². The van der Waals surface area contributed by atoms with E-state index in [1.54, 1.807) is 33.9 Å². The van der Waals surface area contributed by atoms with E-state index < -0.39 is 47.7 Å². The van der Waals surface area contributed by atoms with E-state index in [2.05, 4.69) is 13.2 Å². The number of rotatable bonds is 17. The van der Waals surface area contributed by atoms with E-state index in [1.807, 2.05) is 79.7 Å². The number of unbranched alkanes of at least 4 members (excludes halogenated alkanes) is 2. The minimum atomic E-state index is -1.22. The first-order chi connectivity index (χ1) is 25.7. The van der Waals surface area contributed by atoms with Crippen molar-refractivity contribution < 1.29 is 33.8 Å². The highest BCUT2D eigenvalue weighted by Gasteiger charge is 2.75. The average Bonchev–Trinajstić information content (AvgIpc) is 3.83. The number of aliphatic hydroxyl groups excluding tert-OH is 1. The Labute approximate surface area is 312 Å². The van der Waals surface area contributed by atoms with Crippen LogP contribution in [-0.4, -0.2) is 89.1 Å². The Bertz CT molecular complexity index is 1830. The molecule has 53 heavy (non-hydrogen) atoms. The maximum absolute atomic E-state index is 15.0. The number of esters is 1. The van der Waals surface area contributed by atoms with Crippen molar-refractivity contribution in [1.29, 1.82) is 0 Å². The molecule has 0 aliphatic carbocycles. The molecule has 0 aromatic heterocycles. The lowest BCUT2D eigenvalue weighted by atomic mass is 9.70. The second-order valence-corrected chi connectivity index (χ2v) is 14.5. The van der Waals surface area contributed by atoms with Crippen molar-refractivity contribution in [3.05, 3.63) is 104 Å². The number of nitrogens with zero attached hydrogens (tertiary/aromatic N) is 3. The summed E-state index contributed by atoms with van der Waals surface area (Å²) in [4.78, 5) is 62.1. The first-order valence-electron chi connectivity index (χ1n) is 18.8. The van der Waals surface area contributed by atoms with Crippen LogP contribution >= 0.6 is 0 Å². The molecule has 3 aliphatic heterocycles. The molecule has 6 rings (SSSR count). The highest BCUT2D eigenvalue weighted by Crippen LogP contribution is 2.59. The topological polar surface area (TPSA) is 117 Å². The highest BCUT2D eigenvalue weighted by atomic mass is 16.6. The van der Waals surface area contributed by atoms with Crippen molar-refractivity contribution in [1.82, 2.24) is 9.80 Å². The van der Waals surface area contributed by atoms with Crippen molar-refractivity contribution in [2.24, 2.45) is 11.8 Å². The molecule has 3 aromatic rings. The summed E-state index contributed by atoms with van der Waals surface area (Å²) in [5.74, 6) is -3.10. The maximum Gasteiger partial charge on any atom is 0.313 e. The number of hydrogen-bond acceptors (Lipinski definition) is 7. The number of carbonyl (C=O) groups is 4. The molecule has 10 heteroatoms. The number of amides is 3. The van der Waals surface area contributed by atoms with Gasteiger partial charge in [-0.05, 0) is 73.9 Å². The van der Waals surface area contributed by atoms with Gasteiger partial charge in [0.25, 0.3) is 5.91 Å². The molecule has 3 saturated heterocycles. The Balaban J connectivity index is 1.33. The fourth-order valence-corrected chi connectivity index (χ4v) is 8.58. The van der Waals surface area contributed by atoms with E-state index in [1.165, 1.54) is 0 Å². The minimum absolute atomic E-state index is 0.0344. The van der Waals surface area contributed by atoms with Gasteiger partial charge in [-0.3, -0.25) is 19.2 Å². The number of hydrogen-bond donors (Lipinski definition) is 1. The zero-order valence-electron chi connectivity index (χ0n) is 30.8. The molecule has 0 saturated carbocycles. The quantitative estimate of drug-likeness (QED) is 0.103. The maximum atomic E-state index is 15.0. The lowest BCUT2D eigenvalue weighted by Gasteiger charge is -2.37. The smallest absolute Gasteiger partial charge is 0.313 e. The predicted molar refractivity (Wildman–Crippen MR) is 204 cm³/mol. The predicted octanol–water partition coefficient (Wildman–Crippen LogP) is 5.99. The van der Waals surface area contributed by atoms with Crippen molar-refractivity contribution in [3.8, 4) is 0 Å². The third-order valence-electron chi connectivity index (χ3n) is 11.4. The van der Waals surface area contributed by atoms with Gasteiger partial charge in [0, 0.05) is 38.9 Å². The number of allylic oxidation sites excluding steroid dienone is 1. The molecule has 0 unspecified atom stereocenters. The van der Waals surface area contributed by atoms with Crippen molar-refractivity contribution >= 4 is 40.2 Å². The lowest BCUT2D eigenvalue weighted by molar-refractivity contribution is -0.164. The summed E-state index contributed by atoms with van der Waals surface area (Å²) in [5, 5.41) is 11.5. The first-order valence-corrected chi connectivity index (χ1v) is 18.8. The van der Waals surface area contributed by atoms with E-state index in [0.717, 1.165) is 16.3 Å². The summed E-state index contributed by atoms with van der Waals surface area (Å²) < 4.78 is 13.1. The Morgan fingerprint density at radius 3 is 2.47 bits per heavy atom. The van der Waals surface area contributed by atoms with Gasteiger partial charge in [-0.25, -0.2) is 0 Å². The number of ether oxygens (including phenoxy) is 2. The second kappa shape index (κ2) is 16.5. The summed E-state index contributed by atoms with van der Waals surface area (Å²) >= 11 is 0. The Morgan fingerprint density at radius 2 is 1.75 bits per heavy atom. The zero-order valence-corrected chi connectivity index (χ0v) is 30.8. The molecule has 2 bridgehead atoms. The monoisotopic (exact) mass is 721 g/mol. The third-order valence-corrected chi connectivity index (χ3v) is 11.4. The van der Waals surface area contributed by atoms with Crippen LogP contribution in [0.2, 0.25) is 0 Å². The van der Waals surface area contributed by atoms with Crippen molar-refractivity contribution in [2.45, 2.75) is 81.8 Å². The summed E-state index contributed by atoms with van der Waals surface area (Å²) in [5.41, 5.74) is 0.180. The zero-order chi connectivity index (χ0) is 37.7. The largest absolute Gasteiger partial charge is 0.455 e. The number of carbonyl (C=O) groups excluding carboxylic acids is 4. The molecule has 3 fully saturated rings. The van der Waals surface area contributed by atoms with Crippen molar-refractivity contribution in [2.75, 3.05) is 31.6 Å². The minimum Gasteiger partial charge on any atom is -0.455 e. The SMILES string of the molecule is C=CCCC(=O)N(C)[C@@H](C)[C@@H](OC(=O)[C@@H]1[C@H]2C(=O)N(CCCCCO)[C@H](C(=O)N(CC=C)c3ccc4ccccc4c3)[C@]23CC[C@H]1O3)c1ccccc1. The fourth-order valence-electron chi connectivity index (χ4n) is 8.58. The van der Waals surface area contributed by atoms with Crippen LogP contribution in [0.15, 0.2) is 98.1 Å². The average molecular weight is 722 g/mol. The molecular weight excluding hydrogens is 670 g/mol. The van der Waals surface area contributed by atoms with E-state index in [-0.39, 0.29) is 43.8 Å². The Kier molecular flexibility index (Phi) is 11.8. The van der Waals surface area contributed by atoms with Crippen LogP contribution in [0.1, 0.15) is 63.5 Å². The first kappa shape index (κ1) is 37.9. The number of benzene rings is 3. The van der Waals surface area contributed by atoms with Gasteiger partial charge in [-0.1, -0.05) is 72.8 Å². The molecule has 0 radical (unpaired) electrons. The normalized spacial score (nSPS) is 24.1. The lowest BCUT2D eigenvalue weighted by Crippen LogP contribution is -2.56. The summed E-state index contributed by atoms with van der Waals surface area (Å²) in [6, 6.07) is 21.6. The van der Waals surface area contributed by atoms with Gasteiger partial charge in [0.05, 0.1) is 24.0 Å². The molecule has 7 atom stereocenters. The van der Waals surface area contributed by atoms with Gasteiger partial charge in [-0.15, -0.1) is 13.2 Å². The molecule has 3 heterocycles. The molecule has 1 N–H and O–H groups in total. The highest BCUT2D eigenvalue weighted by molar-refractivity contribution is 6.05. The van der Waals surface area contributed by atoms with Gasteiger partial charge in [0.2, 0.25) is 11.8 Å². The van der Waals surface area contributed by atoms with Gasteiger partial charge >= 0.3 is 5.97 Å². The third kappa shape index (κ3) is 7.27. The van der Waals surface area contributed by atoms with Crippen LogP contribution in [0.25, 0.3) is 10.8 Å². The molecular formula is C43H51N3O7. The van der Waals surface area contributed by atoms with E-state index in [4.69, 9.17) is 9.47 Å². The number of likely N-dealkylation sites (N-methyl/N-ethyl adjacent to an activating group) is 1. The molecule has 3 aliphatic rings. The summed E-state index contributed by atoms with van der Waals surface area (Å²) in [6.07, 6.45) is 5.53. The molecule has 280 valence electrons. The Morgan fingerprint density at radius 1 is 1.02 bits per heavy atom. The van der Waals surface area contributed by atoms with Gasteiger partial charge in [-0.2, -0.15) is 0 Å². The van der Waals surface area contributed by atoms with Gasteiger partial charge in [0.1, 0.15) is 17.7 Å². The van der Waals surface area contributed by atoms with Crippen LogP contribution in [0, 0.1) is 11.8 Å². The fraction of sp³-hybridized carbons (Fsp3) is 0.442. The van der Waals surface area contributed by atoms with Crippen LogP contribution < -0.4 is 4.90 Å². The summed E-state index contributed by atoms with van der Waals surface area (Å²) in [6.45, 7) is 10.0. The van der Waals surface area contributed by atoms with Crippen LogP contribution in [-0.2, 0) is 28.7 Å². The number of likely N-dealkylation sites (tertiary alicyclic amines) is 1. The molecule has 3 amide bonds. The summed E-state index contributed by atoms with van der Waals surface area (Å²) in [7, 11) is 1.70. The van der Waals surface area contributed by atoms with Gasteiger partial charge < -0.3 is 29.3 Å². The van der Waals surface area contributed by atoms with E-state index in [9.17, 15) is 24.3 Å². The van der Waals surface area contributed by atoms with E-state index >= 15 is 0 Å². The second-order valence-electron chi connectivity index (χ2n) is 14.5. The Hall–Kier alpha value is -4.80. The number of anilines is 1. The van der Waals surface area contributed by atoms with Gasteiger partial charge in [0.15, 0.2) is 0 Å². The molecule has 10 nitrogen and oxygen atoms in total. The molecule has 1 spiro atoms. The van der Waals surface area contributed by atoms with E-state index in [0.29, 0.717) is 44.2 Å². The van der Waals surface area contributed by atoms with Crippen LogP contribution in [0.3, 0.4) is 0 Å². The van der Waals surface area contributed by atoms with Crippen LogP contribution in [0.4, 0.5) is 5.69 Å². The number of fused-ring (bicyclic) bond motifs is 2. The number of aliphatic hydroxyl groups is 1.